The summed E-state index contributed by atoms with van der Waals surface area (Å²) in [5.74, 6) is 0.815. The smallest absolute Gasteiger partial charge is 0.145 e. The lowest BCUT2D eigenvalue weighted by Crippen LogP contribution is -2.04. The lowest BCUT2D eigenvalue weighted by Gasteiger charge is -2.18. The minimum Gasteiger partial charge on any atom is -0.494 e. The molecule has 0 saturated heterocycles. The Labute approximate surface area is 101 Å². The van der Waals surface area contributed by atoms with Crippen LogP contribution in [0.15, 0.2) is 0 Å². The van der Waals surface area contributed by atoms with Crippen LogP contribution >= 0.6 is 23.2 Å². The molecule has 2 nitrogen and oxygen atoms in total. The molecule has 0 aromatic heterocycles. The maximum Gasteiger partial charge on any atom is 0.145 e. The van der Waals surface area contributed by atoms with Crippen molar-refractivity contribution in [3.05, 3.63) is 21.7 Å². The summed E-state index contributed by atoms with van der Waals surface area (Å²) in [6, 6.07) is 0.329. The SMILES string of the molecule is COc1c(C)c(C)c(Cl)c(C)c1NCCl. The minimum absolute atomic E-state index is 0.329. The second-order valence-electron chi connectivity index (χ2n) is 3.41. The number of ether oxygens (including phenoxy) is 1. The molecule has 0 aliphatic heterocycles. The van der Waals surface area contributed by atoms with E-state index in [0.717, 1.165) is 33.1 Å². The molecule has 0 aliphatic rings. The fourth-order valence-electron chi connectivity index (χ4n) is 1.62. The molecule has 84 valence electrons. The van der Waals surface area contributed by atoms with E-state index in [4.69, 9.17) is 27.9 Å². The summed E-state index contributed by atoms with van der Waals surface area (Å²) in [6.07, 6.45) is 0. The number of halogens is 2. The van der Waals surface area contributed by atoms with Crippen molar-refractivity contribution in [1.82, 2.24) is 0 Å². The molecule has 0 amide bonds. The van der Waals surface area contributed by atoms with Crippen LogP contribution in [-0.2, 0) is 0 Å². The maximum absolute atomic E-state index is 6.21. The van der Waals surface area contributed by atoms with E-state index in [0.29, 0.717) is 6.00 Å². The second kappa shape index (κ2) is 4.95. The lowest BCUT2D eigenvalue weighted by molar-refractivity contribution is 0.413. The van der Waals surface area contributed by atoms with Crippen LogP contribution in [0.5, 0.6) is 5.75 Å². The van der Waals surface area contributed by atoms with Crippen LogP contribution in [-0.4, -0.2) is 13.1 Å². The van der Waals surface area contributed by atoms with Crippen molar-refractivity contribution < 1.29 is 4.74 Å². The first-order valence-corrected chi connectivity index (χ1v) is 5.58. The number of hydrogen-bond acceptors (Lipinski definition) is 2. The average Bonchev–Trinajstić information content (AvgIpc) is 2.24. The zero-order valence-corrected chi connectivity index (χ0v) is 10.9. The van der Waals surface area contributed by atoms with Crippen molar-refractivity contribution >= 4 is 28.9 Å². The van der Waals surface area contributed by atoms with E-state index < -0.39 is 0 Å². The Hall–Kier alpha value is -0.600. The van der Waals surface area contributed by atoms with Crippen LogP contribution in [0.4, 0.5) is 5.69 Å². The standard InChI is InChI=1S/C11H15Cl2NO/c1-6-7(2)11(15-4)10(14-5-12)8(3)9(6)13/h14H,5H2,1-4H3. The molecule has 1 N–H and O–H groups in total. The van der Waals surface area contributed by atoms with Gasteiger partial charge < -0.3 is 10.1 Å². The Morgan fingerprint density at radius 2 is 1.73 bits per heavy atom. The number of hydrogen-bond donors (Lipinski definition) is 1. The van der Waals surface area contributed by atoms with Gasteiger partial charge in [0.2, 0.25) is 0 Å². The predicted molar refractivity (Wildman–Crippen MR) is 66.6 cm³/mol. The van der Waals surface area contributed by atoms with Gasteiger partial charge in [0.25, 0.3) is 0 Å². The first kappa shape index (κ1) is 12.5. The fourth-order valence-corrected chi connectivity index (χ4v) is 1.99. The topological polar surface area (TPSA) is 21.3 Å². The van der Waals surface area contributed by atoms with E-state index in [9.17, 15) is 0 Å². The second-order valence-corrected chi connectivity index (χ2v) is 4.05. The highest BCUT2D eigenvalue weighted by atomic mass is 35.5. The van der Waals surface area contributed by atoms with Crippen LogP contribution in [0.25, 0.3) is 0 Å². The highest BCUT2D eigenvalue weighted by molar-refractivity contribution is 6.32. The van der Waals surface area contributed by atoms with Crippen LogP contribution in [0.2, 0.25) is 5.02 Å². The number of rotatable bonds is 3. The molecular weight excluding hydrogens is 233 g/mol. The molecule has 1 aromatic rings. The van der Waals surface area contributed by atoms with Gasteiger partial charge in [0.05, 0.1) is 18.8 Å². The van der Waals surface area contributed by atoms with E-state index in [2.05, 4.69) is 5.32 Å². The van der Waals surface area contributed by atoms with Crippen molar-refractivity contribution in [2.45, 2.75) is 20.8 Å². The monoisotopic (exact) mass is 247 g/mol. The molecule has 4 heteroatoms. The molecule has 0 heterocycles. The van der Waals surface area contributed by atoms with Crippen LogP contribution < -0.4 is 10.1 Å². The molecule has 0 fully saturated rings. The van der Waals surface area contributed by atoms with Gasteiger partial charge in [0.1, 0.15) is 5.75 Å². The Bertz CT molecular complexity index is 378. The van der Waals surface area contributed by atoms with Gasteiger partial charge in [0, 0.05) is 5.02 Å². The molecule has 1 aromatic carbocycles. The Morgan fingerprint density at radius 3 is 2.20 bits per heavy atom. The predicted octanol–water partition coefficient (Wildman–Crippen LogP) is 3.88. The third kappa shape index (κ3) is 2.16. The minimum atomic E-state index is 0.329. The zero-order chi connectivity index (χ0) is 11.6. The quantitative estimate of drug-likeness (QED) is 0.647. The number of nitrogens with one attached hydrogen (secondary N) is 1. The van der Waals surface area contributed by atoms with E-state index in [-0.39, 0.29) is 0 Å². The van der Waals surface area contributed by atoms with E-state index in [1.54, 1.807) is 7.11 Å². The van der Waals surface area contributed by atoms with E-state index in [1.165, 1.54) is 0 Å². The summed E-state index contributed by atoms with van der Waals surface area (Å²) in [4.78, 5) is 0. The van der Waals surface area contributed by atoms with Gasteiger partial charge in [0.15, 0.2) is 0 Å². The van der Waals surface area contributed by atoms with E-state index in [1.807, 2.05) is 20.8 Å². The normalized spacial score (nSPS) is 10.3. The van der Waals surface area contributed by atoms with Gasteiger partial charge in [-0.15, -0.1) is 11.6 Å². The number of anilines is 1. The van der Waals surface area contributed by atoms with E-state index >= 15 is 0 Å². The summed E-state index contributed by atoms with van der Waals surface area (Å²) >= 11 is 11.9. The molecule has 0 radical (unpaired) electrons. The highest BCUT2D eigenvalue weighted by Gasteiger charge is 2.16. The van der Waals surface area contributed by atoms with Crippen LogP contribution in [0.1, 0.15) is 16.7 Å². The largest absolute Gasteiger partial charge is 0.494 e. The first-order chi connectivity index (χ1) is 7.04. The highest BCUT2D eigenvalue weighted by Crippen LogP contribution is 2.39. The summed E-state index contributed by atoms with van der Waals surface area (Å²) in [7, 11) is 1.65. The molecule has 0 saturated carbocycles. The molecular formula is C11H15Cl2NO. The Morgan fingerprint density at radius 1 is 1.13 bits per heavy atom. The average molecular weight is 248 g/mol. The molecule has 0 spiro atoms. The van der Waals surface area contributed by atoms with Crippen LogP contribution in [0.3, 0.4) is 0 Å². The molecule has 1 rings (SSSR count). The van der Waals surface area contributed by atoms with Gasteiger partial charge >= 0.3 is 0 Å². The molecule has 0 bridgehead atoms. The molecule has 0 aliphatic carbocycles. The van der Waals surface area contributed by atoms with Crippen molar-refractivity contribution in [3.63, 3.8) is 0 Å². The number of benzene rings is 1. The van der Waals surface area contributed by atoms with Crippen molar-refractivity contribution in [2.24, 2.45) is 0 Å². The first-order valence-electron chi connectivity index (χ1n) is 4.67. The van der Waals surface area contributed by atoms with Gasteiger partial charge in [-0.25, -0.2) is 0 Å². The Balaban J connectivity index is 3.47. The number of methoxy groups -OCH3 is 1. The van der Waals surface area contributed by atoms with Gasteiger partial charge in [-0.2, -0.15) is 0 Å². The molecule has 0 unspecified atom stereocenters. The summed E-state index contributed by atoms with van der Waals surface area (Å²) in [5, 5.41) is 3.82. The van der Waals surface area contributed by atoms with Gasteiger partial charge in [-0.3, -0.25) is 0 Å². The van der Waals surface area contributed by atoms with Crippen molar-refractivity contribution in [3.8, 4) is 5.75 Å². The number of alkyl halides is 1. The third-order valence-corrected chi connectivity index (χ3v) is 3.31. The molecule has 15 heavy (non-hydrogen) atoms. The lowest BCUT2D eigenvalue weighted by atomic mass is 10.0. The van der Waals surface area contributed by atoms with Crippen molar-refractivity contribution in [1.29, 1.82) is 0 Å². The van der Waals surface area contributed by atoms with Gasteiger partial charge in [-0.1, -0.05) is 11.6 Å². The summed E-state index contributed by atoms with van der Waals surface area (Å²) in [6.45, 7) is 5.92. The molecule has 0 atom stereocenters. The third-order valence-electron chi connectivity index (χ3n) is 2.61. The van der Waals surface area contributed by atoms with Crippen molar-refractivity contribution in [2.75, 3.05) is 18.4 Å². The maximum atomic E-state index is 6.21. The zero-order valence-electron chi connectivity index (χ0n) is 9.37. The Kier molecular flexibility index (Phi) is 4.12. The van der Waals surface area contributed by atoms with Gasteiger partial charge in [-0.05, 0) is 37.5 Å². The summed E-state index contributed by atoms with van der Waals surface area (Å²) in [5.41, 5.74) is 3.93. The summed E-state index contributed by atoms with van der Waals surface area (Å²) < 4.78 is 5.37. The van der Waals surface area contributed by atoms with Crippen LogP contribution in [0, 0.1) is 20.8 Å². The fraction of sp³-hybridized carbons (Fsp3) is 0.455.